The van der Waals surface area contributed by atoms with Crippen molar-refractivity contribution in [3.8, 4) is 0 Å². The number of sulfonamides is 1. The fourth-order valence-electron chi connectivity index (χ4n) is 1.36. The minimum Gasteiger partial charge on any atom is -0.279 e. The Morgan fingerprint density at radius 2 is 1.61 bits per heavy atom. The Morgan fingerprint density at radius 3 is 2.22 bits per heavy atom. The minimum absolute atomic E-state index is 0.187. The van der Waals surface area contributed by atoms with E-state index in [0.29, 0.717) is 10.7 Å². The van der Waals surface area contributed by atoms with Crippen molar-refractivity contribution in [1.29, 1.82) is 0 Å². The fraction of sp³-hybridized carbons (Fsp3) is 0. The molecule has 0 bridgehead atoms. The van der Waals surface area contributed by atoms with Crippen LogP contribution in [-0.2, 0) is 10.0 Å². The molecular weight excluding hydrogens is 385 g/mol. The van der Waals surface area contributed by atoms with Gasteiger partial charge in [-0.15, -0.1) is 0 Å². The summed E-state index contributed by atoms with van der Waals surface area (Å²) in [6.07, 6.45) is 0. The average Bonchev–Trinajstić information content (AvgIpc) is 2.32. The molecule has 0 saturated heterocycles. The highest BCUT2D eigenvalue weighted by Crippen LogP contribution is 2.22. The molecule has 0 atom stereocenters. The van der Waals surface area contributed by atoms with Crippen molar-refractivity contribution < 1.29 is 8.42 Å². The van der Waals surface area contributed by atoms with E-state index in [9.17, 15) is 8.42 Å². The second kappa shape index (κ2) is 5.46. The van der Waals surface area contributed by atoms with Gasteiger partial charge < -0.3 is 0 Å². The lowest BCUT2D eigenvalue weighted by Gasteiger charge is -2.09. The molecule has 0 radical (unpaired) electrons. The molecule has 0 unspecified atom stereocenters. The zero-order valence-electron chi connectivity index (χ0n) is 9.10. The highest BCUT2D eigenvalue weighted by molar-refractivity contribution is 14.1. The van der Waals surface area contributed by atoms with Crippen molar-refractivity contribution in [2.45, 2.75) is 4.90 Å². The number of nitrogens with one attached hydrogen (secondary N) is 1. The van der Waals surface area contributed by atoms with Crippen molar-refractivity contribution in [1.82, 2.24) is 0 Å². The van der Waals surface area contributed by atoms with Crippen LogP contribution in [0.25, 0.3) is 0 Å². The molecule has 0 heterocycles. The molecule has 1 N–H and O–H groups in total. The molecule has 2 rings (SSSR count). The van der Waals surface area contributed by atoms with Crippen LogP contribution in [0.5, 0.6) is 0 Å². The Bertz CT molecular complexity index is 656. The van der Waals surface area contributed by atoms with Crippen molar-refractivity contribution >= 4 is 49.9 Å². The van der Waals surface area contributed by atoms with Crippen LogP contribution in [0.2, 0.25) is 5.02 Å². The lowest BCUT2D eigenvalue weighted by atomic mass is 10.3. The van der Waals surface area contributed by atoms with Crippen molar-refractivity contribution in [2.75, 3.05) is 4.72 Å². The van der Waals surface area contributed by atoms with Gasteiger partial charge >= 0.3 is 0 Å². The van der Waals surface area contributed by atoms with Gasteiger partial charge in [-0.25, -0.2) is 8.42 Å². The van der Waals surface area contributed by atoms with Gasteiger partial charge in [0.05, 0.1) is 10.6 Å². The molecule has 2 aromatic carbocycles. The van der Waals surface area contributed by atoms with Gasteiger partial charge in [0.15, 0.2) is 0 Å². The number of hydrogen-bond acceptors (Lipinski definition) is 2. The zero-order valence-corrected chi connectivity index (χ0v) is 12.8. The lowest BCUT2D eigenvalue weighted by Crippen LogP contribution is -2.13. The zero-order chi connectivity index (χ0) is 13.2. The Labute approximate surface area is 124 Å². The molecule has 0 fully saturated rings. The molecule has 3 nitrogen and oxygen atoms in total. The van der Waals surface area contributed by atoms with Gasteiger partial charge in [0.25, 0.3) is 10.0 Å². The first-order valence-corrected chi connectivity index (χ1v) is 7.96. The smallest absolute Gasteiger partial charge is 0.261 e. The third-order valence-corrected chi connectivity index (χ3v) is 4.82. The van der Waals surface area contributed by atoms with E-state index in [1.54, 1.807) is 24.3 Å². The van der Waals surface area contributed by atoms with E-state index < -0.39 is 10.0 Å². The van der Waals surface area contributed by atoms with Gasteiger partial charge in [-0.05, 0) is 59.0 Å². The van der Waals surface area contributed by atoms with Crippen LogP contribution < -0.4 is 4.72 Å². The van der Waals surface area contributed by atoms with Crippen LogP contribution in [0, 0.1) is 3.57 Å². The summed E-state index contributed by atoms with van der Waals surface area (Å²) < 4.78 is 27.6. The molecule has 0 spiro atoms. The molecule has 0 amide bonds. The SMILES string of the molecule is O=S(=O)(Nc1ccccc1I)c1ccc(Cl)cc1. The molecular formula is C12H9ClINO2S. The Morgan fingerprint density at radius 1 is 1.00 bits per heavy atom. The second-order valence-corrected chi connectivity index (χ2v) is 6.82. The molecule has 0 saturated carbocycles. The van der Waals surface area contributed by atoms with Crippen LogP contribution >= 0.6 is 34.2 Å². The Hall–Kier alpha value is -0.790. The largest absolute Gasteiger partial charge is 0.279 e. The van der Waals surface area contributed by atoms with E-state index in [-0.39, 0.29) is 4.90 Å². The highest BCUT2D eigenvalue weighted by Gasteiger charge is 2.14. The standard InChI is InChI=1S/C12H9ClINO2S/c13-9-5-7-10(8-6-9)18(16,17)15-12-4-2-1-3-11(12)14/h1-8,15H. The highest BCUT2D eigenvalue weighted by atomic mass is 127. The molecule has 0 aliphatic carbocycles. The van der Waals surface area contributed by atoms with Crippen LogP contribution in [0.4, 0.5) is 5.69 Å². The van der Waals surface area contributed by atoms with Crippen LogP contribution in [0.15, 0.2) is 53.4 Å². The third kappa shape index (κ3) is 3.15. The number of halogens is 2. The summed E-state index contributed by atoms with van der Waals surface area (Å²) in [5.41, 5.74) is 0.563. The number of para-hydroxylation sites is 1. The maximum absolute atomic E-state index is 12.1. The summed E-state index contributed by atoms with van der Waals surface area (Å²) in [6.45, 7) is 0. The quantitative estimate of drug-likeness (QED) is 0.808. The van der Waals surface area contributed by atoms with Gasteiger partial charge in [-0.1, -0.05) is 23.7 Å². The predicted octanol–water partition coefficient (Wildman–Crippen LogP) is 3.75. The Kier molecular flexibility index (Phi) is 4.14. The van der Waals surface area contributed by atoms with Crippen molar-refractivity contribution in [3.05, 3.63) is 57.1 Å². The van der Waals surface area contributed by atoms with Gasteiger partial charge in [-0.3, -0.25) is 4.72 Å². The van der Waals surface area contributed by atoms with Crippen molar-refractivity contribution in [3.63, 3.8) is 0 Å². The summed E-state index contributed by atoms with van der Waals surface area (Å²) in [5.74, 6) is 0. The lowest BCUT2D eigenvalue weighted by molar-refractivity contribution is 0.601. The number of hydrogen-bond donors (Lipinski definition) is 1. The van der Waals surface area contributed by atoms with Gasteiger partial charge in [0.2, 0.25) is 0 Å². The summed E-state index contributed by atoms with van der Waals surface area (Å²) in [6, 6.07) is 13.2. The molecule has 6 heteroatoms. The first kappa shape index (κ1) is 13.6. The van der Waals surface area contributed by atoms with Gasteiger partial charge in [0.1, 0.15) is 0 Å². The van der Waals surface area contributed by atoms with Crippen LogP contribution in [0.3, 0.4) is 0 Å². The molecule has 0 aromatic heterocycles. The normalized spacial score (nSPS) is 11.2. The van der Waals surface area contributed by atoms with E-state index in [1.807, 2.05) is 12.1 Å². The number of anilines is 1. The minimum atomic E-state index is -3.57. The first-order chi connectivity index (χ1) is 8.49. The summed E-state index contributed by atoms with van der Waals surface area (Å²) in [5, 5.41) is 0.503. The van der Waals surface area contributed by atoms with E-state index >= 15 is 0 Å². The van der Waals surface area contributed by atoms with E-state index in [2.05, 4.69) is 27.3 Å². The summed E-state index contributed by atoms with van der Waals surface area (Å²) >= 11 is 7.81. The first-order valence-electron chi connectivity index (χ1n) is 5.02. The summed E-state index contributed by atoms with van der Waals surface area (Å²) in [7, 11) is -3.57. The molecule has 0 aliphatic rings. The number of benzene rings is 2. The van der Waals surface area contributed by atoms with E-state index in [0.717, 1.165) is 3.57 Å². The predicted molar refractivity (Wildman–Crippen MR) is 81.4 cm³/mol. The topological polar surface area (TPSA) is 46.2 Å². The average molecular weight is 394 g/mol. The Balaban J connectivity index is 2.33. The van der Waals surface area contributed by atoms with E-state index in [1.165, 1.54) is 12.1 Å². The van der Waals surface area contributed by atoms with E-state index in [4.69, 9.17) is 11.6 Å². The fourth-order valence-corrected chi connectivity index (χ4v) is 3.27. The van der Waals surface area contributed by atoms with Crippen molar-refractivity contribution in [2.24, 2.45) is 0 Å². The van der Waals surface area contributed by atoms with Gasteiger partial charge in [0, 0.05) is 8.59 Å². The second-order valence-electron chi connectivity index (χ2n) is 3.54. The maximum atomic E-state index is 12.1. The molecule has 0 aliphatic heterocycles. The molecule has 2 aromatic rings. The monoisotopic (exact) mass is 393 g/mol. The van der Waals surface area contributed by atoms with Crippen LogP contribution in [-0.4, -0.2) is 8.42 Å². The maximum Gasteiger partial charge on any atom is 0.261 e. The van der Waals surface area contributed by atoms with Crippen LogP contribution in [0.1, 0.15) is 0 Å². The number of rotatable bonds is 3. The third-order valence-electron chi connectivity index (χ3n) is 2.24. The molecule has 94 valence electrons. The molecule has 18 heavy (non-hydrogen) atoms. The van der Waals surface area contributed by atoms with Gasteiger partial charge in [-0.2, -0.15) is 0 Å². The summed E-state index contributed by atoms with van der Waals surface area (Å²) in [4.78, 5) is 0.187.